The Balaban J connectivity index is 2.27. The van der Waals surface area contributed by atoms with Crippen LogP contribution in [-0.4, -0.2) is 38.7 Å². The van der Waals surface area contributed by atoms with Crippen molar-refractivity contribution in [1.82, 2.24) is 4.72 Å². The van der Waals surface area contributed by atoms with E-state index in [0.29, 0.717) is 6.61 Å². The van der Waals surface area contributed by atoms with Gasteiger partial charge in [0.1, 0.15) is 4.90 Å². The van der Waals surface area contributed by atoms with Crippen LogP contribution >= 0.6 is 23.2 Å². The largest absolute Gasteiger partial charge is 0.478 e. The van der Waals surface area contributed by atoms with E-state index in [0.717, 1.165) is 12.8 Å². The van der Waals surface area contributed by atoms with Gasteiger partial charge in [0.25, 0.3) is 0 Å². The maximum atomic E-state index is 12.2. The van der Waals surface area contributed by atoms with Gasteiger partial charge in [-0.2, -0.15) is 0 Å². The minimum absolute atomic E-state index is 0.115. The van der Waals surface area contributed by atoms with Gasteiger partial charge in [-0.3, -0.25) is 0 Å². The normalized spacial score (nSPS) is 18.9. The molecule has 1 fully saturated rings. The van der Waals surface area contributed by atoms with E-state index in [1.807, 2.05) is 0 Å². The first-order valence-electron chi connectivity index (χ1n) is 6.15. The van der Waals surface area contributed by atoms with Gasteiger partial charge in [0, 0.05) is 13.2 Å². The highest BCUT2D eigenvalue weighted by atomic mass is 35.5. The van der Waals surface area contributed by atoms with E-state index < -0.39 is 26.6 Å². The SMILES string of the molecule is O=C(O)c1c(Cl)ccc(S(=O)(=O)NCC2CCCO2)c1Cl. The van der Waals surface area contributed by atoms with Crippen LogP contribution in [0.15, 0.2) is 17.0 Å². The minimum atomic E-state index is -3.94. The topological polar surface area (TPSA) is 92.7 Å². The van der Waals surface area contributed by atoms with Crippen molar-refractivity contribution in [1.29, 1.82) is 0 Å². The van der Waals surface area contributed by atoms with Crippen LogP contribution in [0.5, 0.6) is 0 Å². The number of carbonyl (C=O) groups is 1. The zero-order valence-electron chi connectivity index (χ0n) is 10.8. The fraction of sp³-hybridized carbons (Fsp3) is 0.417. The summed E-state index contributed by atoms with van der Waals surface area (Å²) in [5.41, 5.74) is -0.432. The number of nitrogens with one attached hydrogen (secondary N) is 1. The van der Waals surface area contributed by atoms with E-state index >= 15 is 0 Å². The molecule has 1 aliphatic rings. The molecule has 0 aliphatic carbocycles. The van der Waals surface area contributed by atoms with E-state index in [1.165, 1.54) is 12.1 Å². The van der Waals surface area contributed by atoms with E-state index in [9.17, 15) is 13.2 Å². The van der Waals surface area contributed by atoms with Crippen molar-refractivity contribution in [2.24, 2.45) is 0 Å². The Labute approximate surface area is 132 Å². The fourth-order valence-corrected chi connectivity index (χ4v) is 4.01. The van der Waals surface area contributed by atoms with Gasteiger partial charge in [0.15, 0.2) is 0 Å². The summed E-state index contributed by atoms with van der Waals surface area (Å²) in [5.74, 6) is -1.39. The van der Waals surface area contributed by atoms with Gasteiger partial charge >= 0.3 is 5.97 Å². The number of halogens is 2. The Morgan fingerprint density at radius 1 is 1.43 bits per heavy atom. The summed E-state index contributed by atoms with van der Waals surface area (Å²) in [5, 5.41) is 8.51. The monoisotopic (exact) mass is 353 g/mol. The lowest BCUT2D eigenvalue weighted by Crippen LogP contribution is -2.32. The third-order valence-electron chi connectivity index (χ3n) is 3.08. The zero-order chi connectivity index (χ0) is 15.6. The van der Waals surface area contributed by atoms with Crippen molar-refractivity contribution in [2.45, 2.75) is 23.8 Å². The molecule has 1 aliphatic heterocycles. The summed E-state index contributed by atoms with van der Waals surface area (Å²) in [7, 11) is -3.94. The molecule has 21 heavy (non-hydrogen) atoms. The summed E-state index contributed by atoms with van der Waals surface area (Å²) in [4.78, 5) is 10.8. The average Bonchev–Trinajstić information content (AvgIpc) is 2.88. The molecule has 0 spiro atoms. The van der Waals surface area contributed by atoms with Crippen molar-refractivity contribution >= 4 is 39.2 Å². The van der Waals surface area contributed by atoms with Crippen molar-refractivity contribution in [3.8, 4) is 0 Å². The summed E-state index contributed by atoms with van der Waals surface area (Å²) in [6.07, 6.45) is 1.49. The Bertz CT molecular complexity index is 656. The number of carboxylic acids is 1. The number of benzene rings is 1. The molecule has 1 saturated heterocycles. The summed E-state index contributed by atoms with van der Waals surface area (Å²) in [6.45, 7) is 0.723. The molecular weight excluding hydrogens is 341 g/mol. The smallest absolute Gasteiger partial charge is 0.338 e. The van der Waals surface area contributed by atoms with Gasteiger partial charge < -0.3 is 9.84 Å². The van der Waals surface area contributed by atoms with Gasteiger partial charge in [0.2, 0.25) is 10.0 Å². The Kier molecular flexibility index (Phi) is 5.11. The minimum Gasteiger partial charge on any atom is -0.478 e. The van der Waals surface area contributed by atoms with E-state index in [4.69, 9.17) is 33.0 Å². The van der Waals surface area contributed by atoms with Crippen LogP contribution in [0, 0.1) is 0 Å². The van der Waals surface area contributed by atoms with Crippen molar-refractivity contribution in [3.63, 3.8) is 0 Å². The van der Waals surface area contributed by atoms with Crippen LogP contribution in [0.3, 0.4) is 0 Å². The number of sulfonamides is 1. The summed E-state index contributed by atoms with van der Waals surface area (Å²) < 4.78 is 32.1. The second-order valence-corrected chi connectivity index (χ2v) is 7.05. The van der Waals surface area contributed by atoms with E-state index in [-0.39, 0.29) is 22.6 Å². The van der Waals surface area contributed by atoms with Gasteiger partial charge in [-0.05, 0) is 25.0 Å². The van der Waals surface area contributed by atoms with Gasteiger partial charge in [-0.15, -0.1) is 0 Å². The van der Waals surface area contributed by atoms with Crippen LogP contribution in [0.1, 0.15) is 23.2 Å². The fourth-order valence-electron chi connectivity index (χ4n) is 2.02. The average molecular weight is 354 g/mol. The molecule has 1 aromatic carbocycles. The van der Waals surface area contributed by atoms with Crippen LogP contribution < -0.4 is 4.72 Å². The molecule has 0 saturated carbocycles. The molecule has 6 nitrogen and oxygen atoms in total. The molecule has 1 aromatic rings. The first-order chi connectivity index (χ1) is 9.83. The predicted molar refractivity (Wildman–Crippen MR) is 77.6 cm³/mol. The highest BCUT2D eigenvalue weighted by molar-refractivity contribution is 7.89. The lowest BCUT2D eigenvalue weighted by Gasteiger charge is -2.13. The standard InChI is InChI=1S/C12H13Cl2NO5S/c13-8-3-4-9(11(14)10(8)12(16)17)21(18,19)15-6-7-2-1-5-20-7/h3-4,7,15H,1-2,5-6H2,(H,16,17). The lowest BCUT2D eigenvalue weighted by molar-refractivity contribution is 0.0697. The molecule has 0 bridgehead atoms. The quantitative estimate of drug-likeness (QED) is 0.845. The predicted octanol–water partition coefficient (Wildman–Crippen LogP) is 2.15. The third-order valence-corrected chi connectivity index (χ3v) is 5.37. The summed E-state index contributed by atoms with van der Waals surface area (Å²) in [6, 6.07) is 2.37. The Hall–Kier alpha value is -0.860. The molecule has 0 amide bonds. The van der Waals surface area contributed by atoms with Crippen LogP contribution in [0.4, 0.5) is 0 Å². The third kappa shape index (κ3) is 3.67. The number of hydrogen-bond donors (Lipinski definition) is 2. The molecule has 0 aromatic heterocycles. The van der Waals surface area contributed by atoms with E-state index in [2.05, 4.69) is 4.72 Å². The molecule has 2 N–H and O–H groups in total. The lowest BCUT2D eigenvalue weighted by atomic mass is 10.2. The maximum Gasteiger partial charge on any atom is 0.338 e. The second-order valence-electron chi connectivity index (χ2n) is 4.53. The zero-order valence-corrected chi connectivity index (χ0v) is 13.1. The number of hydrogen-bond acceptors (Lipinski definition) is 4. The van der Waals surface area contributed by atoms with Crippen molar-refractivity contribution in [3.05, 3.63) is 27.7 Å². The van der Waals surface area contributed by atoms with Crippen molar-refractivity contribution < 1.29 is 23.1 Å². The first-order valence-corrected chi connectivity index (χ1v) is 8.39. The second kappa shape index (κ2) is 6.50. The summed E-state index contributed by atoms with van der Waals surface area (Å²) >= 11 is 11.6. The molecule has 9 heteroatoms. The number of aromatic carboxylic acids is 1. The Morgan fingerprint density at radius 3 is 2.71 bits per heavy atom. The first kappa shape index (κ1) is 16.5. The maximum absolute atomic E-state index is 12.2. The van der Waals surface area contributed by atoms with Gasteiger partial charge in [0.05, 0.1) is 21.7 Å². The molecule has 1 heterocycles. The molecular formula is C12H13Cl2NO5S. The molecule has 1 atom stereocenters. The number of rotatable bonds is 5. The number of ether oxygens (including phenoxy) is 1. The Morgan fingerprint density at radius 2 is 2.14 bits per heavy atom. The van der Waals surface area contributed by atoms with Gasteiger partial charge in [-0.1, -0.05) is 23.2 Å². The molecule has 0 radical (unpaired) electrons. The highest BCUT2D eigenvalue weighted by Crippen LogP contribution is 2.31. The van der Waals surface area contributed by atoms with Crippen LogP contribution in [0.2, 0.25) is 10.0 Å². The van der Waals surface area contributed by atoms with Crippen LogP contribution in [0.25, 0.3) is 0 Å². The van der Waals surface area contributed by atoms with Gasteiger partial charge in [-0.25, -0.2) is 17.9 Å². The van der Waals surface area contributed by atoms with E-state index in [1.54, 1.807) is 0 Å². The number of carboxylic acid groups (broad SMARTS) is 1. The molecule has 2 rings (SSSR count). The van der Waals surface area contributed by atoms with Crippen molar-refractivity contribution in [2.75, 3.05) is 13.2 Å². The van der Waals surface area contributed by atoms with Crippen LogP contribution in [-0.2, 0) is 14.8 Å². The molecule has 1 unspecified atom stereocenters. The highest BCUT2D eigenvalue weighted by Gasteiger charge is 2.26. The molecule has 116 valence electrons.